The van der Waals surface area contributed by atoms with Crippen LogP contribution >= 0.6 is 0 Å². The Bertz CT molecular complexity index is 914. The van der Waals surface area contributed by atoms with E-state index < -0.39 is 20.6 Å². The quantitative estimate of drug-likeness (QED) is 0.687. The van der Waals surface area contributed by atoms with Gasteiger partial charge < -0.3 is 15.0 Å². The third-order valence-corrected chi connectivity index (χ3v) is 8.48. The third kappa shape index (κ3) is 5.99. The van der Waals surface area contributed by atoms with Crippen molar-refractivity contribution in [2.75, 3.05) is 23.3 Å². The van der Waals surface area contributed by atoms with E-state index in [0.717, 1.165) is 5.69 Å². The summed E-state index contributed by atoms with van der Waals surface area (Å²) in [6, 6.07) is 4.72. The summed E-state index contributed by atoms with van der Waals surface area (Å²) in [7, 11) is -3.42. The second-order valence-corrected chi connectivity index (χ2v) is 12.6. The van der Waals surface area contributed by atoms with E-state index in [1.807, 2.05) is 19.9 Å². The lowest BCUT2D eigenvalue weighted by atomic mass is 9.86. The summed E-state index contributed by atoms with van der Waals surface area (Å²) in [6.45, 7) is 10.4. The molecule has 1 saturated carbocycles. The Hall–Kier alpha value is -1.71. The SMILES string of the molecule is C[C@@H]1CN(c2ccc(NC(=O)C3CCC(NS(=O)(=O)C(C)(C)C)CC3)c(F)c2)C[C@H](C)O1. The Balaban J connectivity index is 1.55. The van der Waals surface area contributed by atoms with E-state index in [-0.39, 0.29) is 35.8 Å². The van der Waals surface area contributed by atoms with Crippen LogP contribution in [0.15, 0.2) is 18.2 Å². The van der Waals surface area contributed by atoms with Gasteiger partial charge in [-0.25, -0.2) is 17.5 Å². The molecule has 9 heteroatoms. The highest BCUT2D eigenvalue weighted by Gasteiger charge is 2.34. The first-order chi connectivity index (χ1) is 14.9. The molecule has 1 aliphatic heterocycles. The van der Waals surface area contributed by atoms with Gasteiger partial charge in [0.25, 0.3) is 0 Å². The van der Waals surface area contributed by atoms with E-state index in [1.165, 1.54) is 6.07 Å². The van der Waals surface area contributed by atoms with Crippen molar-refractivity contribution in [3.8, 4) is 0 Å². The summed E-state index contributed by atoms with van der Waals surface area (Å²) in [5, 5.41) is 2.72. The van der Waals surface area contributed by atoms with Gasteiger partial charge in [0.05, 0.1) is 22.6 Å². The van der Waals surface area contributed by atoms with Crippen LogP contribution in [0.1, 0.15) is 60.3 Å². The fourth-order valence-corrected chi connectivity index (χ4v) is 5.32. The Labute approximate surface area is 191 Å². The molecule has 1 saturated heterocycles. The van der Waals surface area contributed by atoms with E-state index in [2.05, 4.69) is 14.9 Å². The highest BCUT2D eigenvalue weighted by molar-refractivity contribution is 7.90. The highest BCUT2D eigenvalue weighted by atomic mass is 32.2. The minimum atomic E-state index is -3.42. The average molecular weight is 470 g/mol. The number of amides is 1. The van der Waals surface area contributed by atoms with Gasteiger partial charge >= 0.3 is 0 Å². The largest absolute Gasteiger partial charge is 0.372 e. The number of carbonyl (C=O) groups excluding carboxylic acids is 1. The molecule has 0 radical (unpaired) electrons. The van der Waals surface area contributed by atoms with Gasteiger partial charge in [-0.05, 0) is 78.5 Å². The molecule has 2 atom stereocenters. The summed E-state index contributed by atoms with van der Waals surface area (Å²) in [6.07, 6.45) is 2.44. The van der Waals surface area contributed by atoms with Crippen LogP contribution in [-0.4, -0.2) is 50.4 Å². The Kier molecular flexibility index (Phi) is 7.51. The monoisotopic (exact) mass is 469 g/mol. The van der Waals surface area contributed by atoms with Gasteiger partial charge in [0.15, 0.2) is 0 Å². The normalized spacial score (nSPS) is 27.2. The summed E-state index contributed by atoms with van der Waals surface area (Å²) in [5.74, 6) is -0.943. The van der Waals surface area contributed by atoms with Gasteiger partial charge in [-0.1, -0.05) is 0 Å². The number of sulfonamides is 1. The number of halogens is 1. The number of rotatable bonds is 5. The summed E-state index contributed by atoms with van der Waals surface area (Å²) in [5.41, 5.74) is 0.942. The van der Waals surface area contributed by atoms with Gasteiger partial charge in [0.2, 0.25) is 15.9 Å². The van der Waals surface area contributed by atoms with E-state index in [4.69, 9.17) is 4.74 Å². The van der Waals surface area contributed by atoms with Crippen molar-refractivity contribution in [1.82, 2.24) is 4.72 Å². The predicted octanol–water partition coefficient (Wildman–Crippen LogP) is 3.65. The lowest BCUT2D eigenvalue weighted by molar-refractivity contribution is -0.120. The third-order valence-electron chi connectivity index (χ3n) is 6.22. The average Bonchev–Trinajstić information content (AvgIpc) is 2.68. The summed E-state index contributed by atoms with van der Waals surface area (Å²) >= 11 is 0. The van der Waals surface area contributed by atoms with E-state index in [0.29, 0.717) is 38.8 Å². The molecule has 0 bridgehead atoms. The van der Waals surface area contributed by atoms with Crippen LogP contribution in [0.3, 0.4) is 0 Å². The van der Waals surface area contributed by atoms with Crippen molar-refractivity contribution in [3.63, 3.8) is 0 Å². The molecule has 0 unspecified atom stereocenters. The number of nitrogens with one attached hydrogen (secondary N) is 2. The molecule has 32 heavy (non-hydrogen) atoms. The number of nitrogens with zero attached hydrogens (tertiary/aromatic N) is 1. The van der Waals surface area contributed by atoms with Crippen LogP contribution in [-0.2, 0) is 19.6 Å². The molecule has 2 aliphatic rings. The van der Waals surface area contributed by atoms with Crippen LogP contribution < -0.4 is 14.9 Å². The zero-order valence-electron chi connectivity index (χ0n) is 19.7. The van der Waals surface area contributed by atoms with E-state index in [9.17, 15) is 17.6 Å². The second-order valence-electron chi connectivity index (χ2n) is 10.1. The van der Waals surface area contributed by atoms with Gasteiger partial charge in [0.1, 0.15) is 5.82 Å². The van der Waals surface area contributed by atoms with Gasteiger partial charge in [-0.15, -0.1) is 0 Å². The molecule has 1 aliphatic carbocycles. The fraction of sp³-hybridized carbons (Fsp3) is 0.696. The number of benzene rings is 1. The van der Waals surface area contributed by atoms with Crippen molar-refractivity contribution >= 4 is 27.3 Å². The van der Waals surface area contributed by atoms with Crippen molar-refractivity contribution in [2.24, 2.45) is 5.92 Å². The molecule has 1 heterocycles. The van der Waals surface area contributed by atoms with Crippen LogP contribution in [0.5, 0.6) is 0 Å². The first-order valence-electron chi connectivity index (χ1n) is 11.4. The molecule has 3 rings (SSSR count). The van der Waals surface area contributed by atoms with Crippen molar-refractivity contribution < 1.29 is 22.3 Å². The lowest BCUT2D eigenvalue weighted by Crippen LogP contribution is -2.46. The number of morpholine rings is 1. The van der Waals surface area contributed by atoms with Gasteiger partial charge in [-0.2, -0.15) is 0 Å². The topological polar surface area (TPSA) is 87.7 Å². The number of ether oxygens (including phenoxy) is 1. The fourth-order valence-electron chi connectivity index (χ4n) is 4.30. The number of hydrogen-bond donors (Lipinski definition) is 2. The van der Waals surface area contributed by atoms with E-state index in [1.54, 1.807) is 26.8 Å². The smallest absolute Gasteiger partial charge is 0.227 e. The number of carbonyl (C=O) groups is 1. The van der Waals surface area contributed by atoms with Crippen LogP contribution in [0.4, 0.5) is 15.8 Å². The number of anilines is 2. The highest BCUT2D eigenvalue weighted by Crippen LogP contribution is 2.29. The first kappa shape index (κ1) is 24.9. The molecule has 0 aromatic heterocycles. The van der Waals surface area contributed by atoms with Crippen molar-refractivity contribution in [3.05, 3.63) is 24.0 Å². The molecule has 1 aromatic rings. The molecule has 1 aromatic carbocycles. The molecular weight excluding hydrogens is 433 g/mol. The minimum absolute atomic E-state index is 0.0733. The summed E-state index contributed by atoms with van der Waals surface area (Å²) < 4.78 is 47.1. The van der Waals surface area contributed by atoms with Gasteiger partial charge in [0, 0.05) is 30.7 Å². The molecule has 2 fully saturated rings. The van der Waals surface area contributed by atoms with Gasteiger partial charge in [-0.3, -0.25) is 4.79 Å². The van der Waals surface area contributed by atoms with E-state index >= 15 is 0 Å². The molecular formula is C23H36FN3O4S. The first-order valence-corrected chi connectivity index (χ1v) is 12.9. The van der Waals surface area contributed by atoms with Crippen LogP contribution in [0.25, 0.3) is 0 Å². The second kappa shape index (κ2) is 9.65. The number of hydrogen-bond acceptors (Lipinski definition) is 5. The maximum atomic E-state index is 14.7. The Morgan fingerprint density at radius 3 is 2.22 bits per heavy atom. The lowest BCUT2D eigenvalue weighted by Gasteiger charge is -2.37. The molecule has 0 spiro atoms. The molecule has 2 N–H and O–H groups in total. The van der Waals surface area contributed by atoms with Crippen molar-refractivity contribution in [1.29, 1.82) is 0 Å². The molecule has 1 amide bonds. The van der Waals surface area contributed by atoms with Crippen molar-refractivity contribution in [2.45, 2.75) is 83.3 Å². The molecule has 180 valence electrons. The minimum Gasteiger partial charge on any atom is -0.372 e. The van der Waals surface area contributed by atoms with Crippen LogP contribution in [0.2, 0.25) is 0 Å². The zero-order valence-corrected chi connectivity index (χ0v) is 20.5. The Morgan fingerprint density at radius 2 is 1.69 bits per heavy atom. The van der Waals surface area contributed by atoms with Crippen LogP contribution in [0, 0.1) is 11.7 Å². The molecule has 7 nitrogen and oxygen atoms in total. The Morgan fingerprint density at radius 1 is 1.09 bits per heavy atom. The standard InChI is InChI=1S/C23H36FN3O4S/c1-15-13-27(14-16(2)31-15)19-10-11-21(20(24)12-19)25-22(28)17-6-8-18(9-7-17)26-32(29,30)23(3,4)5/h10-12,15-18,26H,6-9,13-14H2,1-5H3,(H,25,28)/t15-,16+,17?,18?. The zero-order chi connectivity index (χ0) is 23.7. The maximum Gasteiger partial charge on any atom is 0.227 e. The predicted molar refractivity (Wildman–Crippen MR) is 125 cm³/mol. The maximum absolute atomic E-state index is 14.7. The summed E-state index contributed by atoms with van der Waals surface area (Å²) in [4.78, 5) is 14.8.